The molecule has 0 aliphatic carbocycles. The van der Waals surface area contributed by atoms with E-state index < -0.39 is 7.05 Å². The van der Waals surface area contributed by atoms with Crippen molar-refractivity contribution in [1.29, 1.82) is 0 Å². The largest absolute Gasteiger partial charge is 0.289 e. The van der Waals surface area contributed by atoms with Crippen molar-refractivity contribution >= 4 is 34.7 Å². The molecule has 0 aromatic heterocycles. The summed E-state index contributed by atoms with van der Waals surface area (Å²) in [6.45, 7) is 0.869. The van der Waals surface area contributed by atoms with E-state index in [1.54, 1.807) is 0 Å². The zero-order valence-corrected chi connectivity index (χ0v) is 15.6. The molecule has 0 N–H and O–H groups in total. The van der Waals surface area contributed by atoms with Crippen molar-refractivity contribution in [2.75, 3.05) is 18.6 Å². The van der Waals surface area contributed by atoms with Gasteiger partial charge in [0.15, 0.2) is 0 Å². The molecular formula is C21H22NPS. The molecule has 0 aliphatic heterocycles. The predicted molar refractivity (Wildman–Crippen MR) is 111 cm³/mol. The van der Waals surface area contributed by atoms with Crippen LogP contribution in [0.25, 0.3) is 0 Å². The number of thioether (sulfide) groups is 1. The molecule has 1 nitrogen and oxygen atoms in total. The van der Waals surface area contributed by atoms with Gasteiger partial charge in [-0.25, -0.2) is 0 Å². The molecule has 0 unspecified atom stereocenters. The van der Waals surface area contributed by atoms with E-state index >= 15 is 0 Å². The molecule has 0 saturated heterocycles. The monoisotopic (exact) mass is 351 g/mol. The SMILES string of the molecule is CSCCN=P(c1ccccc1)(c1ccccc1)c1ccccc1. The van der Waals surface area contributed by atoms with Gasteiger partial charge in [0.05, 0.1) is 7.05 Å². The van der Waals surface area contributed by atoms with Gasteiger partial charge in [-0.15, -0.1) is 0 Å². The molecular weight excluding hydrogens is 329 g/mol. The van der Waals surface area contributed by atoms with Gasteiger partial charge in [-0.05, 0) is 6.26 Å². The summed E-state index contributed by atoms with van der Waals surface area (Å²) in [7, 11) is -1.97. The molecule has 0 spiro atoms. The molecule has 0 amide bonds. The zero-order valence-electron chi connectivity index (χ0n) is 13.9. The van der Waals surface area contributed by atoms with Crippen LogP contribution < -0.4 is 15.9 Å². The van der Waals surface area contributed by atoms with Crippen LogP contribution in [0.5, 0.6) is 0 Å². The lowest BCUT2D eigenvalue weighted by atomic mass is 10.4. The van der Waals surface area contributed by atoms with Gasteiger partial charge < -0.3 is 0 Å². The van der Waals surface area contributed by atoms with Crippen molar-refractivity contribution in [3.8, 4) is 0 Å². The van der Waals surface area contributed by atoms with E-state index in [1.807, 2.05) is 11.8 Å². The van der Waals surface area contributed by atoms with Crippen molar-refractivity contribution in [1.82, 2.24) is 0 Å². The van der Waals surface area contributed by atoms with Gasteiger partial charge >= 0.3 is 0 Å². The van der Waals surface area contributed by atoms with Crippen LogP contribution in [0.4, 0.5) is 0 Å². The van der Waals surface area contributed by atoms with Crippen molar-refractivity contribution < 1.29 is 0 Å². The Labute approximate surface area is 149 Å². The Morgan fingerprint density at radius 3 is 1.38 bits per heavy atom. The van der Waals surface area contributed by atoms with Gasteiger partial charge in [0.1, 0.15) is 0 Å². The van der Waals surface area contributed by atoms with E-state index in [2.05, 4.69) is 97.3 Å². The third kappa shape index (κ3) is 3.50. The number of benzene rings is 3. The lowest BCUT2D eigenvalue weighted by Gasteiger charge is -2.27. The second-order valence-electron chi connectivity index (χ2n) is 5.50. The second-order valence-corrected chi connectivity index (χ2v) is 9.59. The zero-order chi connectivity index (χ0) is 16.7. The van der Waals surface area contributed by atoms with Gasteiger partial charge in [0, 0.05) is 28.2 Å². The first kappa shape index (κ1) is 17.1. The normalized spacial score (nSPS) is 11.2. The molecule has 0 fully saturated rings. The van der Waals surface area contributed by atoms with Crippen molar-refractivity contribution in [3.63, 3.8) is 0 Å². The van der Waals surface area contributed by atoms with Crippen LogP contribution in [0.3, 0.4) is 0 Å². The highest BCUT2D eigenvalue weighted by molar-refractivity contribution is 7.98. The molecule has 0 heterocycles. The van der Waals surface area contributed by atoms with Crippen LogP contribution in [-0.4, -0.2) is 18.6 Å². The van der Waals surface area contributed by atoms with Crippen LogP contribution >= 0.6 is 18.8 Å². The first-order chi connectivity index (χ1) is 11.9. The molecule has 0 radical (unpaired) electrons. The van der Waals surface area contributed by atoms with Crippen LogP contribution in [0, 0.1) is 0 Å². The minimum atomic E-state index is -1.97. The van der Waals surface area contributed by atoms with Gasteiger partial charge in [-0.2, -0.15) is 11.8 Å². The number of nitrogens with zero attached hydrogens (tertiary/aromatic N) is 1. The smallest absolute Gasteiger partial charge is 0.0547 e. The Hall–Kier alpha value is -1.76. The first-order valence-electron chi connectivity index (χ1n) is 8.12. The maximum atomic E-state index is 5.35. The molecule has 3 aromatic rings. The summed E-state index contributed by atoms with van der Waals surface area (Å²) in [5, 5.41) is 3.97. The summed E-state index contributed by atoms with van der Waals surface area (Å²) >= 11 is 1.85. The fraction of sp³-hybridized carbons (Fsp3) is 0.143. The molecule has 3 rings (SSSR count). The Morgan fingerprint density at radius 1 is 0.667 bits per heavy atom. The third-order valence-electron chi connectivity index (χ3n) is 4.00. The summed E-state index contributed by atoms with van der Waals surface area (Å²) in [4.78, 5) is 0. The predicted octanol–water partition coefficient (Wildman–Crippen LogP) is 4.53. The summed E-state index contributed by atoms with van der Waals surface area (Å²) in [6, 6.07) is 32.4. The van der Waals surface area contributed by atoms with Crippen LogP contribution in [0.1, 0.15) is 0 Å². The Balaban J connectivity index is 2.31. The highest BCUT2D eigenvalue weighted by Gasteiger charge is 2.26. The van der Waals surface area contributed by atoms with Crippen LogP contribution in [0.2, 0.25) is 0 Å². The van der Waals surface area contributed by atoms with Crippen molar-refractivity contribution in [3.05, 3.63) is 91.0 Å². The molecule has 0 bridgehead atoms. The quantitative estimate of drug-likeness (QED) is 0.470. The molecule has 0 saturated carbocycles. The van der Waals surface area contributed by atoms with Crippen LogP contribution in [-0.2, 0) is 0 Å². The maximum absolute atomic E-state index is 5.35. The van der Waals surface area contributed by atoms with E-state index in [9.17, 15) is 0 Å². The standard InChI is InChI=1S/C21H22NPS/c1-24-18-17-22-23(19-11-5-2-6-12-19,20-13-7-3-8-14-20)21-15-9-4-10-16-21/h2-16H,17-18H2,1H3. The Morgan fingerprint density at radius 2 is 1.04 bits per heavy atom. The molecule has 24 heavy (non-hydrogen) atoms. The lowest BCUT2D eigenvalue weighted by Crippen LogP contribution is -2.25. The van der Waals surface area contributed by atoms with Gasteiger partial charge in [-0.1, -0.05) is 91.0 Å². The van der Waals surface area contributed by atoms with E-state index in [4.69, 9.17) is 4.74 Å². The van der Waals surface area contributed by atoms with E-state index in [0.717, 1.165) is 12.3 Å². The Kier molecular flexibility index (Phi) is 5.96. The molecule has 3 aromatic carbocycles. The summed E-state index contributed by atoms with van der Waals surface area (Å²) in [5.41, 5.74) is 0. The summed E-state index contributed by atoms with van der Waals surface area (Å²) in [5.74, 6) is 1.05. The summed E-state index contributed by atoms with van der Waals surface area (Å²) < 4.78 is 5.35. The summed E-state index contributed by atoms with van der Waals surface area (Å²) in [6.07, 6.45) is 2.14. The van der Waals surface area contributed by atoms with Gasteiger partial charge in [0.25, 0.3) is 0 Å². The van der Waals surface area contributed by atoms with Crippen LogP contribution in [0.15, 0.2) is 95.7 Å². The molecule has 3 heteroatoms. The Bertz CT molecular complexity index is 698. The average molecular weight is 351 g/mol. The molecule has 0 atom stereocenters. The molecule has 122 valence electrons. The highest BCUT2D eigenvalue weighted by Crippen LogP contribution is 2.46. The molecule has 0 aliphatic rings. The number of hydrogen-bond donors (Lipinski definition) is 0. The number of rotatable bonds is 6. The minimum absolute atomic E-state index is 0.869. The van der Waals surface area contributed by atoms with E-state index in [1.165, 1.54) is 15.9 Å². The highest BCUT2D eigenvalue weighted by atomic mass is 32.2. The average Bonchev–Trinajstić information content (AvgIpc) is 2.68. The van der Waals surface area contributed by atoms with E-state index in [-0.39, 0.29) is 0 Å². The second kappa shape index (κ2) is 8.37. The topological polar surface area (TPSA) is 12.4 Å². The fourth-order valence-electron chi connectivity index (χ4n) is 2.91. The van der Waals surface area contributed by atoms with Crippen molar-refractivity contribution in [2.45, 2.75) is 0 Å². The fourth-order valence-corrected chi connectivity index (χ4v) is 6.91. The third-order valence-corrected chi connectivity index (χ3v) is 8.35. The van der Waals surface area contributed by atoms with Crippen molar-refractivity contribution in [2.24, 2.45) is 4.74 Å². The van der Waals surface area contributed by atoms with Gasteiger partial charge in [0.2, 0.25) is 0 Å². The first-order valence-corrected chi connectivity index (χ1v) is 11.3. The minimum Gasteiger partial charge on any atom is -0.289 e. The number of hydrogen-bond acceptors (Lipinski definition) is 2. The van der Waals surface area contributed by atoms with E-state index in [0.29, 0.717) is 0 Å². The lowest BCUT2D eigenvalue weighted by molar-refractivity contribution is 1.17. The maximum Gasteiger partial charge on any atom is 0.0547 e. The van der Waals surface area contributed by atoms with Gasteiger partial charge in [-0.3, -0.25) is 4.74 Å².